The van der Waals surface area contributed by atoms with Crippen molar-refractivity contribution in [2.45, 2.75) is 27.0 Å². The van der Waals surface area contributed by atoms with E-state index in [1.165, 1.54) is 0 Å². The van der Waals surface area contributed by atoms with Gasteiger partial charge in [-0.25, -0.2) is 0 Å². The van der Waals surface area contributed by atoms with Gasteiger partial charge in [0.05, 0.1) is 11.3 Å². The minimum atomic E-state index is -0.0762. The van der Waals surface area contributed by atoms with Crippen LogP contribution >= 0.6 is 11.6 Å². The van der Waals surface area contributed by atoms with Crippen molar-refractivity contribution in [3.63, 3.8) is 0 Å². The Morgan fingerprint density at radius 1 is 1.19 bits per heavy atom. The van der Waals surface area contributed by atoms with Crippen LogP contribution in [-0.4, -0.2) is 23.0 Å². The summed E-state index contributed by atoms with van der Waals surface area (Å²) in [6.45, 7) is 4.57. The van der Waals surface area contributed by atoms with E-state index in [9.17, 15) is 4.79 Å². The summed E-state index contributed by atoms with van der Waals surface area (Å²) in [5.74, 6) is 1.29. The molecule has 1 amide bonds. The van der Waals surface area contributed by atoms with Crippen molar-refractivity contribution >= 4 is 17.5 Å². The predicted octanol–water partition coefficient (Wildman–Crippen LogP) is 4.80. The molecule has 0 aliphatic rings. The molecule has 0 spiro atoms. The second-order valence-corrected chi connectivity index (χ2v) is 6.84. The zero-order chi connectivity index (χ0) is 19.4. The number of halogens is 1. The van der Waals surface area contributed by atoms with Crippen LogP contribution in [0.3, 0.4) is 0 Å². The minimum absolute atomic E-state index is 0.0762. The molecular formula is C21H21ClN2O3. The van der Waals surface area contributed by atoms with Gasteiger partial charge in [0.25, 0.3) is 5.91 Å². The van der Waals surface area contributed by atoms with Crippen LogP contribution in [0.25, 0.3) is 0 Å². The first-order chi connectivity index (χ1) is 12.9. The quantitative estimate of drug-likeness (QED) is 0.612. The van der Waals surface area contributed by atoms with Crippen LogP contribution in [0.5, 0.6) is 5.75 Å². The lowest BCUT2D eigenvalue weighted by Crippen LogP contribution is -2.26. The smallest absolute Gasteiger partial charge is 0.254 e. The van der Waals surface area contributed by atoms with E-state index in [0.717, 1.165) is 22.6 Å². The highest BCUT2D eigenvalue weighted by molar-refractivity contribution is 6.30. The predicted molar refractivity (Wildman–Crippen MR) is 104 cm³/mol. The maximum atomic E-state index is 12.7. The van der Waals surface area contributed by atoms with Gasteiger partial charge in [-0.05, 0) is 49.7 Å². The topological polar surface area (TPSA) is 55.6 Å². The maximum absolute atomic E-state index is 12.7. The molecular weight excluding hydrogens is 364 g/mol. The van der Waals surface area contributed by atoms with E-state index < -0.39 is 0 Å². The van der Waals surface area contributed by atoms with Gasteiger partial charge in [0.1, 0.15) is 18.1 Å². The molecule has 1 aromatic heterocycles. The molecule has 0 aliphatic heterocycles. The number of carbonyl (C=O) groups excluding carboxylic acids is 1. The third kappa shape index (κ3) is 4.68. The number of aromatic nitrogens is 1. The Hall–Kier alpha value is -2.79. The van der Waals surface area contributed by atoms with Gasteiger partial charge in [-0.1, -0.05) is 35.0 Å². The van der Waals surface area contributed by atoms with Gasteiger partial charge < -0.3 is 14.2 Å². The fourth-order valence-electron chi connectivity index (χ4n) is 2.74. The van der Waals surface area contributed by atoms with E-state index in [4.69, 9.17) is 20.9 Å². The minimum Gasteiger partial charge on any atom is -0.489 e. The van der Waals surface area contributed by atoms with Gasteiger partial charge in [-0.15, -0.1) is 0 Å². The van der Waals surface area contributed by atoms with Crippen molar-refractivity contribution in [3.05, 3.63) is 81.7 Å². The fourth-order valence-corrected chi connectivity index (χ4v) is 2.86. The lowest BCUT2D eigenvalue weighted by atomic mass is 10.1. The lowest BCUT2D eigenvalue weighted by Gasteiger charge is -2.18. The lowest BCUT2D eigenvalue weighted by molar-refractivity contribution is 0.0784. The number of ether oxygens (including phenoxy) is 1. The van der Waals surface area contributed by atoms with E-state index in [1.54, 1.807) is 24.1 Å². The van der Waals surface area contributed by atoms with Crippen LogP contribution in [-0.2, 0) is 13.2 Å². The molecule has 5 nitrogen and oxygen atoms in total. The van der Waals surface area contributed by atoms with Crippen molar-refractivity contribution in [1.82, 2.24) is 10.1 Å². The molecule has 6 heteroatoms. The second kappa shape index (κ2) is 8.27. The first-order valence-corrected chi connectivity index (χ1v) is 8.96. The molecule has 0 bridgehead atoms. The summed E-state index contributed by atoms with van der Waals surface area (Å²) in [5, 5.41) is 4.60. The van der Waals surface area contributed by atoms with Crippen molar-refractivity contribution in [1.29, 1.82) is 0 Å². The van der Waals surface area contributed by atoms with Crippen LogP contribution in [0.1, 0.15) is 32.9 Å². The first-order valence-electron chi connectivity index (χ1n) is 8.58. The highest BCUT2D eigenvalue weighted by Crippen LogP contribution is 2.20. The Kier molecular flexibility index (Phi) is 5.81. The van der Waals surface area contributed by atoms with Crippen LogP contribution in [0.2, 0.25) is 5.02 Å². The molecule has 0 aliphatic carbocycles. The molecule has 3 rings (SSSR count). The van der Waals surface area contributed by atoms with Crippen molar-refractivity contribution in [2.75, 3.05) is 7.05 Å². The fraction of sp³-hybridized carbons (Fsp3) is 0.238. The van der Waals surface area contributed by atoms with Crippen molar-refractivity contribution in [3.8, 4) is 5.75 Å². The molecule has 3 aromatic rings. The van der Waals surface area contributed by atoms with E-state index in [2.05, 4.69) is 5.16 Å². The summed E-state index contributed by atoms with van der Waals surface area (Å²) in [7, 11) is 1.77. The number of carbonyl (C=O) groups is 1. The van der Waals surface area contributed by atoms with Crippen LogP contribution in [0.4, 0.5) is 0 Å². The van der Waals surface area contributed by atoms with Crippen LogP contribution < -0.4 is 4.74 Å². The summed E-state index contributed by atoms with van der Waals surface area (Å²) in [6, 6.07) is 14.6. The Balaban J connectivity index is 1.66. The molecule has 140 valence electrons. The largest absolute Gasteiger partial charge is 0.489 e. The highest BCUT2D eigenvalue weighted by atomic mass is 35.5. The number of nitrogens with zero attached hydrogens (tertiary/aromatic N) is 2. The summed E-state index contributed by atoms with van der Waals surface area (Å²) < 4.78 is 11.0. The molecule has 0 fully saturated rings. The number of rotatable bonds is 6. The number of amides is 1. The van der Waals surface area contributed by atoms with Crippen LogP contribution in [0.15, 0.2) is 53.1 Å². The zero-order valence-electron chi connectivity index (χ0n) is 15.5. The number of aryl methyl sites for hydroxylation is 2. The summed E-state index contributed by atoms with van der Waals surface area (Å²) >= 11 is 5.91. The Bertz CT molecular complexity index is 915. The zero-order valence-corrected chi connectivity index (χ0v) is 16.3. The Morgan fingerprint density at radius 2 is 1.93 bits per heavy atom. The van der Waals surface area contributed by atoms with E-state index in [-0.39, 0.29) is 5.91 Å². The van der Waals surface area contributed by atoms with Gasteiger partial charge >= 0.3 is 0 Å². The Morgan fingerprint density at radius 3 is 2.59 bits per heavy atom. The first kappa shape index (κ1) is 19.0. The third-order valence-electron chi connectivity index (χ3n) is 4.33. The van der Waals surface area contributed by atoms with Gasteiger partial charge in [0.2, 0.25) is 0 Å². The van der Waals surface area contributed by atoms with Gasteiger partial charge in [0, 0.05) is 24.2 Å². The van der Waals surface area contributed by atoms with E-state index in [1.807, 2.05) is 50.2 Å². The molecule has 0 atom stereocenters. The second-order valence-electron chi connectivity index (χ2n) is 6.41. The maximum Gasteiger partial charge on any atom is 0.254 e. The molecule has 2 aromatic carbocycles. The number of hydrogen-bond acceptors (Lipinski definition) is 4. The van der Waals surface area contributed by atoms with Gasteiger partial charge in [0.15, 0.2) is 0 Å². The third-order valence-corrected chi connectivity index (χ3v) is 4.58. The molecule has 0 radical (unpaired) electrons. The van der Waals surface area contributed by atoms with Crippen LogP contribution in [0, 0.1) is 13.8 Å². The Labute approximate surface area is 163 Å². The summed E-state index contributed by atoms with van der Waals surface area (Å²) in [6.07, 6.45) is 0. The molecule has 27 heavy (non-hydrogen) atoms. The van der Waals surface area contributed by atoms with E-state index in [0.29, 0.717) is 29.5 Å². The normalized spacial score (nSPS) is 10.7. The molecule has 0 N–H and O–H groups in total. The number of hydrogen-bond donors (Lipinski definition) is 0. The van der Waals surface area contributed by atoms with Crippen molar-refractivity contribution in [2.24, 2.45) is 0 Å². The molecule has 0 unspecified atom stereocenters. The van der Waals surface area contributed by atoms with Crippen molar-refractivity contribution < 1.29 is 14.1 Å². The summed E-state index contributed by atoms with van der Waals surface area (Å²) in [5.41, 5.74) is 3.32. The molecule has 0 saturated heterocycles. The standard InChI is InChI=1S/C21H21ClN2O3/c1-14-20(15(2)27-23-14)13-26-19-6-4-5-17(11-19)21(25)24(3)12-16-7-9-18(22)10-8-16/h4-11H,12-13H2,1-3H3. The highest BCUT2D eigenvalue weighted by Gasteiger charge is 2.14. The van der Waals surface area contributed by atoms with Gasteiger partial charge in [-0.2, -0.15) is 0 Å². The average molecular weight is 385 g/mol. The number of benzene rings is 2. The SMILES string of the molecule is Cc1noc(C)c1COc1cccc(C(=O)N(C)Cc2ccc(Cl)cc2)c1. The monoisotopic (exact) mass is 384 g/mol. The van der Waals surface area contributed by atoms with Gasteiger partial charge in [-0.3, -0.25) is 4.79 Å². The molecule has 1 heterocycles. The average Bonchev–Trinajstić information content (AvgIpc) is 2.99. The molecule has 0 saturated carbocycles. The summed E-state index contributed by atoms with van der Waals surface area (Å²) in [4.78, 5) is 14.4. The van der Waals surface area contributed by atoms with E-state index >= 15 is 0 Å².